The van der Waals surface area contributed by atoms with E-state index in [2.05, 4.69) is 11.8 Å². The van der Waals surface area contributed by atoms with Crippen molar-refractivity contribution in [2.45, 2.75) is 18.2 Å². The first-order chi connectivity index (χ1) is 8.63. The lowest BCUT2D eigenvalue weighted by Gasteiger charge is -2.37. The average Bonchev–Trinajstić information content (AvgIpc) is 2.35. The third-order valence-electron chi connectivity index (χ3n) is 3.28. The number of hydrogen-bond donors (Lipinski definition) is 1. The number of benzene rings is 1. The fourth-order valence-corrected chi connectivity index (χ4v) is 3.85. The van der Waals surface area contributed by atoms with Crippen LogP contribution >= 0.6 is 35.0 Å². The van der Waals surface area contributed by atoms with Crippen molar-refractivity contribution in [2.24, 2.45) is 5.73 Å². The third kappa shape index (κ3) is 3.14. The van der Waals surface area contributed by atoms with Crippen LogP contribution in [0.25, 0.3) is 0 Å². The van der Waals surface area contributed by atoms with Crippen molar-refractivity contribution in [3.8, 4) is 0 Å². The van der Waals surface area contributed by atoms with Gasteiger partial charge in [-0.05, 0) is 11.6 Å². The van der Waals surface area contributed by atoms with Crippen LogP contribution in [0, 0.1) is 0 Å². The molecule has 0 amide bonds. The number of nitrogens with zero attached hydrogens (tertiary/aromatic N) is 1. The van der Waals surface area contributed by atoms with Gasteiger partial charge in [0.2, 0.25) is 0 Å². The van der Waals surface area contributed by atoms with Crippen LogP contribution in [0.1, 0.15) is 18.5 Å². The Morgan fingerprint density at radius 1 is 1.50 bits per heavy atom. The van der Waals surface area contributed by atoms with E-state index in [9.17, 15) is 0 Å². The van der Waals surface area contributed by atoms with Gasteiger partial charge in [0.05, 0.1) is 10.0 Å². The van der Waals surface area contributed by atoms with Crippen molar-refractivity contribution in [3.63, 3.8) is 0 Å². The lowest BCUT2D eigenvalue weighted by atomic mass is 10.0. The van der Waals surface area contributed by atoms with Gasteiger partial charge >= 0.3 is 0 Å². The maximum absolute atomic E-state index is 6.30. The van der Waals surface area contributed by atoms with Crippen LogP contribution in [0.4, 0.5) is 0 Å². The monoisotopic (exact) mass is 304 g/mol. The molecule has 2 unspecified atom stereocenters. The molecule has 100 valence electrons. The van der Waals surface area contributed by atoms with E-state index in [0.717, 1.165) is 24.4 Å². The van der Waals surface area contributed by atoms with Crippen molar-refractivity contribution >= 4 is 35.0 Å². The molecule has 0 aromatic heterocycles. The molecule has 5 heteroatoms. The predicted molar refractivity (Wildman–Crippen MR) is 81.8 cm³/mol. The zero-order chi connectivity index (χ0) is 13.1. The Morgan fingerprint density at radius 3 is 2.94 bits per heavy atom. The second-order valence-electron chi connectivity index (χ2n) is 4.57. The lowest BCUT2D eigenvalue weighted by molar-refractivity contribution is 0.211. The number of thioether (sulfide) groups is 1. The van der Waals surface area contributed by atoms with Crippen molar-refractivity contribution in [1.29, 1.82) is 0 Å². The van der Waals surface area contributed by atoms with E-state index in [-0.39, 0.29) is 6.04 Å². The molecule has 2 rings (SSSR count). The summed E-state index contributed by atoms with van der Waals surface area (Å²) in [7, 11) is 0. The minimum atomic E-state index is 0.166. The highest BCUT2D eigenvalue weighted by atomic mass is 35.5. The molecule has 0 saturated carbocycles. The zero-order valence-corrected chi connectivity index (χ0v) is 12.7. The van der Waals surface area contributed by atoms with Crippen LogP contribution in [-0.4, -0.2) is 35.5 Å². The van der Waals surface area contributed by atoms with Crippen LogP contribution in [-0.2, 0) is 0 Å². The van der Waals surface area contributed by atoms with E-state index in [0.29, 0.717) is 21.8 Å². The van der Waals surface area contributed by atoms with Crippen LogP contribution in [0.15, 0.2) is 18.2 Å². The van der Waals surface area contributed by atoms with E-state index in [1.54, 1.807) is 0 Å². The van der Waals surface area contributed by atoms with E-state index in [1.807, 2.05) is 30.0 Å². The van der Waals surface area contributed by atoms with Crippen molar-refractivity contribution in [3.05, 3.63) is 33.8 Å². The van der Waals surface area contributed by atoms with Gasteiger partial charge in [0.1, 0.15) is 0 Å². The molecule has 0 aliphatic carbocycles. The van der Waals surface area contributed by atoms with E-state index in [1.165, 1.54) is 0 Å². The van der Waals surface area contributed by atoms with Gasteiger partial charge in [-0.1, -0.05) is 42.3 Å². The van der Waals surface area contributed by atoms with Gasteiger partial charge < -0.3 is 5.73 Å². The second kappa shape index (κ2) is 6.49. The van der Waals surface area contributed by atoms with Gasteiger partial charge in [0.15, 0.2) is 0 Å². The van der Waals surface area contributed by atoms with Crippen LogP contribution in [0.5, 0.6) is 0 Å². The molecule has 1 aromatic carbocycles. The first-order valence-electron chi connectivity index (χ1n) is 6.13. The van der Waals surface area contributed by atoms with Crippen LogP contribution < -0.4 is 5.73 Å². The zero-order valence-electron chi connectivity index (χ0n) is 10.4. The Hall–Kier alpha value is 0.0700. The Morgan fingerprint density at radius 2 is 2.28 bits per heavy atom. The maximum atomic E-state index is 6.30. The van der Waals surface area contributed by atoms with Gasteiger partial charge in [-0.15, -0.1) is 0 Å². The highest BCUT2D eigenvalue weighted by Crippen LogP contribution is 2.34. The minimum Gasteiger partial charge on any atom is -0.329 e. The summed E-state index contributed by atoms with van der Waals surface area (Å²) in [5, 5.41) is 1.89. The first-order valence-corrected chi connectivity index (χ1v) is 7.93. The molecule has 1 saturated heterocycles. The summed E-state index contributed by atoms with van der Waals surface area (Å²) in [5.74, 6) is 1.15. The molecule has 18 heavy (non-hydrogen) atoms. The largest absolute Gasteiger partial charge is 0.329 e. The fourth-order valence-electron chi connectivity index (χ4n) is 2.38. The Bertz CT molecular complexity index is 414. The molecule has 0 spiro atoms. The standard InChI is InChI=1S/C13H18Cl2N2S/c1-9-8-17(5-6-18-9)12(7-16)10-3-2-4-11(14)13(10)15/h2-4,9,12H,5-8,16H2,1H3. The molecule has 1 aliphatic heterocycles. The number of hydrogen-bond acceptors (Lipinski definition) is 3. The number of halogens is 2. The topological polar surface area (TPSA) is 29.3 Å². The molecule has 1 aromatic rings. The SMILES string of the molecule is CC1CN(C(CN)c2cccc(Cl)c2Cl)CCS1. The maximum Gasteiger partial charge on any atom is 0.0640 e. The average molecular weight is 305 g/mol. The highest BCUT2D eigenvalue weighted by Gasteiger charge is 2.26. The summed E-state index contributed by atoms with van der Waals surface area (Å²) in [6.07, 6.45) is 0. The van der Waals surface area contributed by atoms with Gasteiger partial charge in [0.25, 0.3) is 0 Å². The molecule has 2 nitrogen and oxygen atoms in total. The fraction of sp³-hybridized carbons (Fsp3) is 0.538. The molecule has 1 heterocycles. The molecule has 0 bridgehead atoms. The molecule has 2 atom stereocenters. The van der Waals surface area contributed by atoms with Gasteiger partial charge in [-0.3, -0.25) is 4.90 Å². The summed E-state index contributed by atoms with van der Waals surface area (Å²) in [6, 6.07) is 5.95. The van der Waals surface area contributed by atoms with Crippen molar-refractivity contribution < 1.29 is 0 Å². The predicted octanol–water partition coefficient (Wildman–Crippen LogP) is 3.43. The van der Waals surface area contributed by atoms with Crippen molar-refractivity contribution in [1.82, 2.24) is 4.90 Å². The van der Waals surface area contributed by atoms with Crippen LogP contribution in [0.3, 0.4) is 0 Å². The van der Waals surface area contributed by atoms with E-state index in [4.69, 9.17) is 28.9 Å². The second-order valence-corrected chi connectivity index (χ2v) is 6.90. The summed E-state index contributed by atoms with van der Waals surface area (Å²) in [4.78, 5) is 2.42. The summed E-state index contributed by atoms with van der Waals surface area (Å²) in [5.41, 5.74) is 7.00. The normalized spacial score (nSPS) is 23.0. The highest BCUT2D eigenvalue weighted by molar-refractivity contribution is 7.99. The molecule has 1 aliphatic rings. The van der Waals surface area contributed by atoms with E-state index >= 15 is 0 Å². The molecule has 1 fully saturated rings. The Kier molecular flexibility index (Phi) is 5.22. The van der Waals surface area contributed by atoms with Gasteiger partial charge in [-0.25, -0.2) is 0 Å². The van der Waals surface area contributed by atoms with Gasteiger partial charge in [-0.2, -0.15) is 11.8 Å². The Balaban J connectivity index is 2.24. The number of nitrogens with two attached hydrogens (primary N) is 1. The Labute approximate surface area is 123 Å². The smallest absolute Gasteiger partial charge is 0.0640 e. The summed E-state index contributed by atoms with van der Waals surface area (Å²) in [6.45, 7) is 4.93. The van der Waals surface area contributed by atoms with E-state index < -0.39 is 0 Å². The minimum absolute atomic E-state index is 0.166. The quantitative estimate of drug-likeness (QED) is 0.927. The first kappa shape index (κ1) is 14.5. The third-order valence-corrected chi connectivity index (χ3v) is 5.25. The summed E-state index contributed by atoms with van der Waals surface area (Å²) >= 11 is 14.4. The van der Waals surface area contributed by atoms with Crippen molar-refractivity contribution in [2.75, 3.05) is 25.4 Å². The molecule has 0 radical (unpaired) electrons. The number of rotatable bonds is 3. The molecule has 2 N–H and O–H groups in total. The molecular formula is C13H18Cl2N2S. The van der Waals surface area contributed by atoms with Crippen LogP contribution in [0.2, 0.25) is 10.0 Å². The lowest BCUT2D eigenvalue weighted by Crippen LogP contribution is -2.42. The van der Waals surface area contributed by atoms with Gasteiger partial charge in [0, 0.05) is 36.7 Å². The molecular weight excluding hydrogens is 287 g/mol. The summed E-state index contributed by atoms with van der Waals surface area (Å²) < 4.78 is 0.